The molecular weight excluding hydrogens is 344 g/mol. The van der Waals surface area contributed by atoms with Gasteiger partial charge in [-0.3, -0.25) is 9.59 Å². The van der Waals surface area contributed by atoms with Gasteiger partial charge in [-0.15, -0.1) is 0 Å². The van der Waals surface area contributed by atoms with Crippen LogP contribution in [0.1, 0.15) is 10.4 Å². The first-order chi connectivity index (χ1) is 12.0. The van der Waals surface area contributed by atoms with Crippen molar-refractivity contribution >= 4 is 34.8 Å². The maximum atomic E-state index is 12.4. The molecule has 128 valence electrons. The Hall–Kier alpha value is -2.99. The van der Waals surface area contributed by atoms with Gasteiger partial charge in [-0.2, -0.15) is 0 Å². The second kappa shape index (κ2) is 6.86. The summed E-state index contributed by atoms with van der Waals surface area (Å²) in [5, 5.41) is 3.09. The summed E-state index contributed by atoms with van der Waals surface area (Å²) in [6.45, 7) is 3.57. The van der Waals surface area contributed by atoms with E-state index < -0.39 is 0 Å². The van der Waals surface area contributed by atoms with E-state index in [0.717, 1.165) is 0 Å². The van der Waals surface area contributed by atoms with Crippen LogP contribution < -0.4 is 19.7 Å². The van der Waals surface area contributed by atoms with Gasteiger partial charge in [0.1, 0.15) is 0 Å². The quantitative estimate of drug-likeness (QED) is 0.850. The molecule has 2 amide bonds. The highest BCUT2D eigenvalue weighted by molar-refractivity contribution is 6.34. The smallest absolute Gasteiger partial charge is 0.255 e. The fraction of sp³-hybridized carbons (Fsp3) is 0.111. The summed E-state index contributed by atoms with van der Waals surface area (Å²) < 4.78 is 10.5. The lowest BCUT2D eigenvalue weighted by Crippen LogP contribution is -2.23. The molecule has 0 fully saturated rings. The van der Waals surface area contributed by atoms with Gasteiger partial charge in [0.2, 0.25) is 12.7 Å². The molecule has 0 unspecified atom stereocenters. The minimum atomic E-state index is -0.329. The Morgan fingerprint density at radius 2 is 1.84 bits per heavy atom. The lowest BCUT2D eigenvalue weighted by molar-refractivity contribution is -0.113. The Morgan fingerprint density at radius 3 is 2.48 bits per heavy atom. The predicted molar refractivity (Wildman–Crippen MR) is 95.6 cm³/mol. The Bertz CT molecular complexity index is 849. The number of benzene rings is 2. The van der Waals surface area contributed by atoms with Crippen LogP contribution in [0.5, 0.6) is 11.5 Å². The molecular formula is C18H15ClN2O4. The molecule has 0 bridgehead atoms. The number of rotatable bonds is 4. The number of halogens is 1. The van der Waals surface area contributed by atoms with Crippen molar-refractivity contribution in [1.82, 2.24) is 0 Å². The third kappa shape index (κ3) is 3.44. The Labute approximate surface area is 149 Å². The van der Waals surface area contributed by atoms with E-state index in [1.807, 2.05) is 0 Å². The van der Waals surface area contributed by atoms with E-state index in [1.54, 1.807) is 43.4 Å². The highest BCUT2D eigenvalue weighted by Crippen LogP contribution is 2.39. The molecule has 2 aromatic carbocycles. The molecule has 25 heavy (non-hydrogen) atoms. The van der Waals surface area contributed by atoms with Crippen molar-refractivity contribution in [3.05, 3.63) is 59.6 Å². The van der Waals surface area contributed by atoms with Crippen LogP contribution in [0.25, 0.3) is 0 Å². The zero-order valence-electron chi connectivity index (χ0n) is 13.4. The maximum Gasteiger partial charge on any atom is 0.255 e. The number of likely N-dealkylation sites (N-methyl/N-ethyl adjacent to an activating group) is 1. The molecule has 2 aromatic rings. The largest absolute Gasteiger partial charge is 0.454 e. The fourth-order valence-corrected chi connectivity index (χ4v) is 2.51. The van der Waals surface area contributed by atoms with E-state index in [4.69, 9.17) is 21.1 Å². The molecule has 1 heterocycles. The number of hydrogen-bond donors (Lipinski definition) is 1. The van der Waals surface area contributed by atoms with Crippen LogP contribution in [-0.4, -0.2) is 25.7 Å². The number of nitrogens with zero attached hydrogens (tertiary/aromatic N) is 1. The second-order valence-electron chi connectivity index (χ2n) is 5.29. The molecule has 0 saturated carbocycles. The van der Waals surface area contributed by atoms with Crippen molar-refractivity contribution in [2.75, 3.05) is 24.1 Å². The van der Waals surface area contributed by atoms with E-state index in [0.29, 0.717) is 33.5 Å². The van der Waals surface area contributed by atoms with E-state index in [-0.39, 0.29) is 18.6 Å². The first-order valence-corrected chi connectivity index (χ1v) is 7.78. The fourth-order valence-electron chi connectivity index (χ4n) is 2.31. The summed E-state index contributed by atoms with van der Waals surface area (Å²) in [4.78, 5) is 25.4. The lowest BCUT2D eigenvalue weighted by Gasteiger charge is -2.15. The first-order valence-electron chi connectivity index (χ1n) is 7.40. The molecule has 6 nitrogen and oxygen atoms in total. The van der Waals surface area contributed by atoms with Crippen molar-refractivity contribution < 1.29 is 19.1 Å². The number of carbonyl (C=O) groups excluding carboxylic acids is 2. The summed E-state index contributed by atoms with van der Waals surface area (Å²) in [5.74, 6) is 0.510. The SMILES string of the molecule is C=CC(=O)N(C)c1ccc(C(=O)Nc2cc3c(cc2Cl)OCO3)cc1. The standard InChI is InChI=1S/C18H15ClN2O4/c1-3-17(22)21(2)12-6-4-11(5-7-12)18(23)20-14-9-16-15(8-13(14)19)24-10-25-16/h3-9H,1,10H2,2H3,(H,20,23). The Kier molecular flexibility index (Phi) is 4.63. The number of fused-ring (bicyclic) bond motifs is 1. The molecule has 1 aliphatic heterocycles. The van der Waals surface area contributed by atoms with Crippen LogP contribution in [0, 0.1) is 0 Å². The summed E-state index contributed by atoms with van der Waals surface area (Å²) in [7, 11) is 1.63. The van der Waals surface area contributed by atoms with Crippen LogP contribution in [-0.2, 0) is 4.79 Å². The van der Waals surface area contributed by atoms with Crippen molar-refractivity contribution in [1.29, 1.82) is 0 Å². The molecule has 0 aromatic heterocycles. The molecule has 3 rings (SSSR count). The van der Waals surface area contributed by atoms with E-state index in [9.17, 15) is 9.59 Å². The number of hydrogen-bond acceptors (Lipinski definition) is 4. The monoisotopic (exact) mass is 358 g/mol. The van der Waals surface area contributed by atoms with Gasteiger partial charge in [0.25, 0.3) is 5.91 Å². The predicted octanol–water partition coefficient (Wildman–Crippen LogP) is 3.47. The van der Waals surface area contributed by atoms with E-state index in [2.05, 4.69) is 11.9 Å². The van der Waals surface area contributed by atoms with Gasteiger partial charge in [0, 0.05) is 30.4 Å². The van der Waals surface area contributed by atoms with E-state index >= 15 is 0 Å². The van der Waals surface area contributed by atoms with Crippen LogP contribution >= 0.6 is 11.6 Å². The minimum Gasteiger partial charge on any atom is -0.454 e. The van der Waals surface area contributed by atoms with Crippen LogP contribution in [0.2, 0.25) is 5.02 Å². The topological polar surface area (TPSA) is 67.9 Å². The average molecular weight is 359 g/mol. The van der Waals surface area contributed by atoms with Gasteiger partial charge < -0.3 is 19.7 Å². The van der Waals surface area contributed by atoms with Gasteiger partial charge in [-0.05, 0) is 30.3 Å². The van der Waals surface area contributed by atoms with Gasteiger partial charge in [0.15, 0.2) is 11.5 Å². The van der Waals surface area contributed by atoms with Crippen molar-refractivity contribution in [2.24, 2.45) is 0 Å². The molecule has 0 radical (unpaired) electrons. The second-order valence-corrected chi connectivity index (χ2v) is 5.69. The zero-order chi connectivity index (χ0) is 18.0. The molecule has 0 aliphatic carbocycles. The number of anilines is 2. The zero-order valence-corrected chi connectivity index (χ0v) is 14.2. The van der Waals surface area contributed by atoms with Crippen LogP contribution in [0.15, 0.2) is 49.1 Å². The van der Waals surface area contributed by atoms with Gasteiger partial charge >= 0.3 is 0 Å². The first kappa shape index (κ1) is 16.9. The maximum absolute atomic E-state index is 12.4. The molecule has 0 saturated heterocycles. The van der Waals surface area contributed by atoms with Crippen LogP contribution in [0.3, 0.4) is 0 Å². The Morgan fingerprint density at radius 1 is 1.20 bits per heavy atom. The van der Waals surface area contributed by atoms with Crippen molar-refractivity contribution in [3.8, 4) is 11.5 Å². The molecule has 1 N–H and O–H groups in total. The number of ether oxygens (including phenoxy) is 2. The normalized spacial score (nSPS) is 11.8. The van der Waals surface area contributed by atoms with Crippen molar-refractivity contribution in [3.63, 3.8) is 0 Å². The number of carbonyl (C=O) groups is 2. The number of nitrogens with one attached hydrogen (secondary N) is 1. The summed E-state index contributed by atoms with van der Waals surface area (Å²) in [6, 6.07) is 9.82. The van der Waals surface area contributed by atoms with Gasteiger partial charge in [0.05, 0.1) is 10.7 Å². The molecule has 0 atom stereocenters. The molecule has 7 heteroatoms. The van der Waals surface area contributed by atoms with Gasteiger partial charge in [-0.25, -0.2) is 0 Å². The third-order valence-electron chi connectivity index (χ3n) is 3.73. The Balaban J connectivity index is 1.76. The third-order valence-corrected chi connectivity index (χ3v) is 4.05. The average Bonchev–Trinajstić information content (AvgIpc) is 3.07. The summed E-state index contributed by atoms with van der Waals surface area (Å²) in [6.07, 6.45) is 1.22. The van der Waals surface area contributed by atoms with Crippen LogP contribution in [0.4, 0.5) is 11.4 Å². The lowest BCUT2D eigenvalue weighted by atomic mass is 10.1. The highest BCUT2D eigenvalue weighted by Gasteiger charge is 2.18. The highest BCUT2D eigenvalue weighted by atomic mass is 35.5. The summed E-state index contributed by atoms with van der Waals surface area (Å²) >= 11 is 6.15. The summed E-state index contributed by atoms with van der Waals surface area (Å²) in [5.41, 5.74) is 1.51. The van der Waals surface area contributed by atoms with Crippen molar-refractivity contribution in [2.45, 2.75) is 0 Å². The molecule has 1 aliphatic rings. The van der Waals surface area contributed by atoms with E-state index in [1.165, 1.54) is 11.0 Å². The van der Waals surface area contributed by atoms with Gasteiger partial charge in [-0.1, -0.05) is 18.2 Å². The number of amides is 2. The molecule has 0 spiro atoms. The minimum absolute atomic E-state index is 0.126.